The fraction of sp³-hybridized carbons (Fsp3) is 0.343. The van der Waals surface area contributed by atoms with Crippen LogP contribution in [0.3, 0.4) is 0 Å². The van der Waals surface area contributed by atoms with E-state index in [4.69, 9.17) is 71.1 Å². The monoisotopic (exact) mass is 1250 g/mol. The zero-order valence-corrected chi connectivity index (χ0v) is 51.8. The van der Waals surface area contributed by atoms with Gasteiger partial charge in [-0.15, -0.1) is 0 Å². The zero-order chi connectivity index (χ0) is 65.0. The lowest BCUT2D eigenvalue weighted by atomic mass is 10.0. The third-order valence-corrected chi connectivity index (χ3v) is 13.6. The second-order valence-electron chi connectivity index (χ2n) is 19.9. The number of carbonyl (C=O) groups is 6. The van der Waals surface area contributed by atoms with E-state index >= 15 is 0 Å². The van der Waals surface area contributed by atoms with E-state index in [0.29, 0.717) is 85.3 Å². The third kappa shape index (κ3) is 24.3. The Bertz CT molecular complexity index is 3100. The van der Waals surface area contributed by atoms with Crippen molar-refractivity contribution in [3.05, 3.63) is 180 Å². The van der Waals surface area contributed by atoms with Crippen LogP contribution in [-0.4, -0.2) is 130 Å². The lowest BCUT2D eigenvalue weighted by Crippen LogP contribution is -2.14. The van der Waals surface area contributed by atoms with E-state index in [-0.39, 0.29) is 60.6 Å². The molecule has 0 saturated carbocycles. The normalized spacial score (nSPS) is 10.7. The summed E-state index contributed by atoms with van der Waals surface area (Å²) in [7, 11) is 6.01. The van der Waals surface area contributed by atoms with Crippen molar-refractivity contribution < 1.29 is 99.8 Å². The Balaban J connectivity index is 0.798. The summed E-state index contributed by atoms with van der Waals surface area (Å²) in [6, 6.07) is 31.8. The van der Waals surface area contributed by atoms with Crippen LogP contribution < -0.4 is 47.4 Å². The Kier molecular flexibility index (Phi) is 30.4. The highest BCUT2D eigenvalue weighted by Gasteiger charge is 2.19. The van der Waals surface area contributed by atoms with Gasteiger partial charge < -0.3 is 71.1 Å². The molecule has 21 heteroatoms. The molecule has 0 unspecified atom stereocenters. The highest BCUT2D eigenvalue weighted by molar-refractivity contribution is 5.94. The standard InChI is InChI=1S/C70H78O21/c1-7-65(71)86-35-15-11-9-13-17-49-19-21-51(45-61(49)77-3)67(73)88-55-25-29-57(30-26-55)90-69(75)53-23-33-59(63(47-53)79-5)84-43-41-82-39-37-81-38-40-83-42-44-85-60-34-24-54(48-64(60)80-6)70(76)91-58-31-27-56(28-32-58)89-68(74)52-22-20-50(62(46-52)78-4)18-14-10-12-16-36-87-66(72)8-2/h7-8,19-34,45-48H,1-2,9-18,35-44H2,3-6H3. The third-order valence-electron chi connectivity index (χ3n) is 13.6. The average molecular weight is 1260 g/mol. The van der Waals surface area contributed by atoms with Crippen molar-refractivity contribution in [2.75, 3.05) is 94.5 Å². The number of rotatable bonds is 42. The van der Waals surface area contributed by atoms with Gasteiger partial charge in [0.05, 0.1) is 104 Å². The summed E-state index contributed by atoms with van der Waals surface area (Å²) in [4.78, 5) is 74.6. The molecule has 0 aliphatic heterocycles. The van der Waals surface area contributed by atoms with Gasteiger partial charge in [-0.2, -0.15) is 0 Å². The molecule has 6 aromatic rings. The average Bonchev–Trinajstić information content (AvgIpc) is 2.63. The van der Waals surface area contributed by atoms with E-state index in [1.807, 2.05) is 12.1 Å². The molecule has 0 aliphatic carbocycles. The summed E-state index contributed by atoms with van der Waals surface area (Å²) >= 11 is 0. The van der Waals surface area contributed by atoms with E-state index in [1.165, 1.54) is 74.9 Å². The molecule has 0 atom stereocenters. The number of unbranched alkanes of at least 4 members (excludes halogenated alkanes) is 6. The topological polar surface area (TPSA) is 241 Å². The summed E-state index contributed by atoms with van der Waals surface area (Å²) in [5.74, 6) is 0.291. The molecule has 91 heavy (non-hydrogen) atoms. The van der Waals surface area contributed by atoms with Crippen LogP contribution in [0.15, 0.2) is 147 Å². The van der Waals surface area contributed by atoms with E-state index in [2.05, 4.69) is 13.2 Å². The van der Waals surface area contributed by atoms with Crippen LogP contribution >= 0.6 is 0 Å². The van der Waals surface area contributed by atoms with E-state index in [0.717, 1.165) is 87.5 Å². The first-order chi connectivity index (χ1) is 44.3. The van der Waals surface area contributed by atoms with E-state index in [9.17, 15) is 28.8 Å². The molecule has 0 spiro atoms. The predicted octanol–water partition coefficient (Wildman–Crippen LogP) is 11.8. The van der Waals surface area contributed by atoms with Crippen LogP contribution in [0.25, 0.3) is 0 Å². The van der Waals surface area contributed by atoms with Gasteiger partial charge in [0.1, 0.15) is 47.7 Å². The van der Waals surface area contributed by atoms with Gasteiger partial charge in [-0.05, 0) is 159 Å². The highest BCUT2D eigenvalue weighted by Crippen LogP contribution is 2.32. The van der Waals surface area contributed by atoms with Crippen LogP contribution in [-0.2, 0) is 46.1 Å². The Labute approximate surface area is 529 Å². The minimum absolute atomic E-state index is 0.201. The minimum Gasteiger partial charge on any atom is -0.496 e. The van der Waals surface area contributed by atoms with Crippen molar-refractivity contribution in [1.29, 1.82) is 0 Å². The predicted molar refractivity (Wildman–Crippen MR) is 335 cm³/mol. The van der Waals surface area contributed by atoms with Crippen LogP contribution in [0.2, 0.25) is 0 Å². The molecule has 0 amide bonds. The maximum atomic E-state index is 13.1. The number of esters is 6. The molecule has 0 heterocycles. The Morgan fingerprint density at radius 1 is 0.319 bits per heavy atom. The SMILES string of the molecule is C=CC(=O)OCCCCCCc1ccc(C(=O)Oc2ccc(OC(=O)c3ccc(OCCOCCOCCOCCOc4ccc(C(=O)Oc5ccc(OC(=O)c6ccc(CCCCCCOC(=O)C=C)c(OC)c6)cc5)cc4OC)c(OC)c3)cc2)cc1OC. The molecule has 0 fully saturated rings. The fourth-order valence-corrected chi connectivity index (χ4v) is 8.77. The van der Waals surface area contributed by atoms with Gasteiger partial charge in [-0.1, -0.05) is 51.0 Å². The molecule has 0 radical (unpaired) electrons. The van der Waals surface area contributed by atoms with Gasteiger partial charge >= 0.3 is 35.8 Å². The zero-order valence-electron chi connectivity index (χ0n) is 51.8. The summed E-state index contributed by atoms with van der Waals surface area (Å²) in [5, 5.41) is 0. The fourth-order valence-electron chi connectivity index (χ4n) is 8.77. The van der Waals surface area contributed by atoms with Crippen molar-refractivity contribution in [1.82, 2.24) is 0 Å². The summed E-state index contributed by atoms with van der Waals surface area (Å²) in [6.45, 7) is 9.70. The smallest absolute Gasteiger partial charge is 0.343 e. The molecular formula is C70H78O21. The number of benzene rings is 6. The first kappa shape index (κ1) is 70.4. The van der Waals surface area contributed by atoms with Crippen LogP contribution in [0.1, 0.15) is 104 Å². The maximum absolute atomic E-state index is 13.1. The molecule has 0 aliphatic rings. The van der Waals surface area contributed by atoms with Crippen molar-refractivity contribution in [3.63, 3.8) is 0 Å². The lowest BCUT2D eigenvalue weighted by Gasteiger charge is -2.13. The largest absolute Gasteiger partial charge is 0.496 e. The number of hydrogen-bond donors (Lipinski definition) is 0. The van der Waals surface area contributed by atoms with Gasteiger partial charge in [0.2, 0.25) is 0 Å². The summed E-state index contributed by atoms with van der Waals surface area (Å²) in [5.41, 5.74) is 2.99. The Morgan fingerprint density at radius 2 is 0.604 bits per heavy atom. The van der Waals surface area contributed by atoms with E-state index < -0.39 is 35.8 Å². The molecule has 0 aromatic heterocycles. The maximum Gasteiger partial charge on any atom is 0.343 e. The summed E-state index contributed by atoms with van der Waals surface area (Å²) < 4.78 is 82.9. The van der Waals surface area contributed by atoms with Gasteiger partial charge in [0.25, 0.3) is 0 Å². The van der Waals surface area contributed by atoms with Crippen LogP contribution in [0, 0.1) is 0 Å². The first-order valence-corrected chi connectivity index (χ1v) is 29.7. The number of aryl methyl sites for hydroxylation is 2. The van der Waals surface area contributed by atoms with Crippen LogP contribution in [0.5, 0.6) is 57.5 Å². The molecule has 484 valence electrons. The lowest BCUT2D eigenvalue weighted by molar-refractivity contribution is -0.138. The Morgan fingerprint density at radius 3 is 0.912 bits per heavy atom. The molecule has 0 N–H and O–H groups in total. The van der Waals surface area contributed by atoms with Gasteiger partial charge in [0, 0.05) is 12.2 Å². The molecule has 0 bridgehead atoms. The quantitative estimate of drug-likeness (QED) is 0.0150. The second-order valence-corrected chi connectivity index (χ2v) is 19.9. The number of carbonyl (C=O) groups excluding carboxylic acids is 6. The second kappa shape index (κ2) is 39.3. The van der Waals surface area contributed by atoms with Gasteiger partial charge in [-0.25, -0.2) is 28.8 Å². The van der Waals surface area contributed by atoms with E-state index in [1.54, 1.807) is 62.8 Å². The van der Waals surface area contributed by atoms with Crippen molar-refractivity contribution in [3.8, 4) is 57.5 Å². The number of methoxy groups -OCH3 is 4. The van der Waals surface area contributed by atoms with Crippen molar-refractivity contribution in [2.45, 2.75) is 64.2 Å². The Hall–Kier alpha value is -9.70. The molecular weight excluding hydrogens is 1180 g/mol. The number of hydrogen-bond acceptors (Lipinski definition) is 21. The number of ether oxygens (including phenoxy) is 15. The highest BCUT2D eigenvalue weighted by atomic mass is 16.6. The molecule has 0 saturated heterocycles. The molecule has 6 aromatic carbocycles. The van der Waals surface area contributed by atoms with Crippen molar-refractivity contribution in [2.24, 2.45) is 0 Å². The van der Waals surface area contributed by atoms with Gasteiger partial charge in [0.15, 0.2) is 23.0 Å². The van der Waals surface area contributed by atoms with Crippen molar-refractivity contribution >= 4 is 35.8 Å². The summed E-state index contributed by atoms with van der Waals surface area (Å²) in [6.07, 6.45) is 10.8. The molecule has 21 nitrogen and oxygen atoms in total. The van der Waals surface area contributed by atoms with Gasteiger partial charge in [-0.3, -0.25) is 0 Å². The van der Waals surface area contributed by atoms with Crippen LogP contribution in [0.4, 0.5) is 0 Å². The molecule has 6 rings (SSSR count). The first-order valence-electron chi connectivity index (χ1n) is 29.7. The minimum atomic E-state index is -0.639.